The molecule has 1 nitrogen and oxygen atoms in total. The zero-order chi connectivity index (χ0) is 13.5. The Labute approximate surface area is 120 Å². The van der Waals surface area contributed by atoms with Crippen molar-refractivity contribution in [2.24, 2.45) is 0 Å². The van der Waals surface area contributed by atoms with Crippen LogP contribution in [0.25, 0.3) is 0 Å². The van der Waals surface area contributed by atoms with Gasteiger partial charge in [-0.05, 0) is 49.1 Å². The monoisotopic (exact) mass is 273 g/mol. The second-order valence-electron chi connectivity index (χ2n) is 4.88. The summed E-state index contributed by atoms with van der Waals surface area (Å²) < 4.78 is 0. The van der Waals surface area contributed by atoms with Gasteiger partial charge in [0.15, 0.2) is 0 Å². The van der Waals surface area contributed by atoms with Crippen molar-refractivity contribution in [2.45, 2.75) is 46.1 Å². The van der Waals surface area contributed by atoms with Crippen molar-refractivity contribution in [2.75, 3.05) is 5.32 Å². The maximum Gasteiger partial charge on any atom is 0.0494 e. The Morgan fingerprint density at radius 3 is 2.32 bits per heavy atom. The first-order valence-corrected chi connectivity index (χ1v) is 8.04. The number of benzene rings is 1. The highest BCUT2D eigenvalue weighted by Crippen LogP contribution is 2.19. The number of aryl methyl sites for hydroxylation is 2. The molecule has 0 atom stereocenters. The minimum absolute atomic E-state index is 0.930. The van der Waals surface area contributed by atoms with Crippen LogP contribution < -0.4 is 5.32 Å². The van der Waals surface area contributed by atoms with Crippen molar-refractivity contribution in [3.05, 3.63) is 51.7 Å². The Morgan fingerprint density at radius 2 is 1.68 bits per heavy atom. The summed E-state index contributed by atoms with van der Waals surface area (Å²) in [6, 6.07) is 13.3. The van der Waals surface area contributed by atoms with E-state index in [1.54, 1.807) is 0 Å². The van der Waals surface area contributed by atoms with Crippen LogP contribution >= 0.6 is 11.3 Å². The fourth-order valence-electron chi connectivity index (χ4n) is 2.07. The highest BCUT2D eigenvalue weighted by molar-refractivity contribution is 7.12. The third-order valence-electron chi connectivity index (χ3n) is 3.31. The molecule has 2 rings (SSSR count). The Kier molecular flexibility index (Phi) is 5.46. The predicted octanol–water partition coefficient (Wildman–Crippen LogP) is 5.27. The third kappa shape index (κ3) is 4.39. The normalized spacial score (nSPS) is 10.6. The van der Waals surface area contributed by atoms with Crippen LogP contribution in [0.5, 0.6) is 0 Å². The van der Waals surface area contributed by atoms with E-state index in [-0.39, 0.29) is 0 Å². The van der Waals surface area contributed by atoms with Crippen LogP contribution in [0.1, 0.15) is 42.0 Å². The SMILES string of the molecule is CCCCc1ccc(NCc2ccc(CC)s2)cc1. The summed E-state index contributed by atoms with van der Waals surface area (Å²) in [5, 5.41) is 3.49. The molecule has 0 aliphatic rings. The number of thiophene rings is 1. The summed E-state index contributed by atoms with van der Waals surface area (Å²) in [5.41, 5.74) is 2.66. The molecule has 2 heteroatoms. The van der Waals surface area contributed by atoms with Gasteiger partial charge < -0.3 is 5.32 Å². The van der Waals surface area contributed by atoms with E-state index in [1.165, 1.54) is 40.3 Å². The van der Waals surface area contributed by atoms with Crippen molar-refractivity contribution < 1.29 is 0 Å². The number of anilines is 1. The van der Waals surface area contributed by atoms with Crippen molar-refractivity contribution in [3.8, 4) is 0 Å². The topological polar surface area (TPSA) is 12.0 Å². The molecule has 0 radical (unpaired) electrons. The van der Waals surface area contributed by atoms with Gasteiger partial charge >= 0.3 is 0 Å². The number of rotatable bonds is 7. The molecule has 1 heterocycles. The summed E-state index contributed by atoms with van der Waals surface area (Å²) in [4.78, 5) is 2.87. The first-order valence-electron chi connectivity index (χ1n) is 7.22. The van der Waals surface area contributed by atoms with Gasteiger partial charge in [-0.3, -0.25) is 0 Å². The van der Waals surface area contributed by atoms with Gasteiger partial charge in [0.25, 0.3) is 0 Å². The van der Waals surface area contributed by atoms with Gasteiger partial charge in [-0.15, -0.1) is 11.3 Å². The summed E-state index contributed by atoms with van der Waals surface area (Å²) in [6.45, 7) is 5.37. The van der Waals surface area contributed by atoms with Crippen LogP contribution in [0.2, 0.25) is 0 Å². The maximum atomic E-state index is 3.49. The van der Waals surface area contributed by atoms with E-state index in [9.17, 15) is 0 Å². The molecule has 0 saturated heterocycles. The molecule has 2 aromatic rings. The highest BCUT2D eigenvalue weighted by Gasteiger charge is 1.99. The molecule has 1 aromatic heterocycles. The zero-order valence-corrected chi connectivity index (χ0v) is 12.7. The predicted molar refractivity (Wildman–Crippen MR) is 86.1 cm³/mol. The van der Waals surface area contributed by atoms with Crippen molar-refractivity contribution >= 4 is 17.0 Å². The fourth-order valence-corrected chi connectivity index (χ4v) is 2.96. The number of hydrogen-bond acceptors (Lipinski definition) is 2. The van der Waals surface area contributed by atoms with E-state index in [1.807, 2.05) is 11.3 Å². The van der Waals surface area contributed by atoms with E-state index in [0.717, 1.165) is 13.0 Å². The van der Waals surface area contributed by atoms with Gasteiger partial charge in [0.2, 0.25) is 0 Å². The highest BCUT2D eigenvalue weighted by atomic mass is 32.1. The van der Waals surface area contributed by atoms with Crippen LogP contribution in [0.4, 0.5) is 5.69 Å². The van der Waals surface area contributed by atoms with Crippen molar-refractivity contribution in [1.29, 1.82) is 0 Å². The van der Waals surface area contributed by atoms with Gasteiger partial charge in [0.1, 0.15) is 0 Å². The number of unbranched alkanes of at least 4 members (excludes halogenated alkanes) is 1. The smallest absolute Gasteiger partial charge is 0.0494 e. The van der Waals surface area contributed by atoms with E-state index >= 15 is 0 Å². The molecule has 0 saturated carbocycles. The van der Waals surface area contributed by atoms with Gasteiger partial charge in [0, 0.05) is 22.0 Å². The molecule has 0 amide bonds. The quantitative estimate of drug-likeness (QED) is 0.725. The van der Waals surface area contributed by atoms with Crippen LogP contribution in [0.15, 0.2) is 36.4 Å². The molecular formula is C17H23NS. The Morgan fingerprint density at radius 1 is 0.947 bits per heavy atom. The molecule has 0 spiro atoms. The van der Waals surface area contributed by atoms with Crippen molar-refractivity contribution in [3.63, 3.8) is 0 Å². The van der Waals surface area contributed by atoms with E-state index in [0.29, 0.717) is 0 Å². The lowest BCUT2D eigenvalue weighted by Gasteiger charge is -2.06. The van der Waals surface area contributed by atoms with E-state index < -0.39 is 0 Å². The maximum absolute atomic E-state index is 3.49. The Bertz CT molecular complexity index is 484. The van der Waals surface area contributed by atoms with Crippen LogP contribution in [0.3, 0.4) is 0 Å². The molecular weight excluding hydrogens is 250 g/mol. The molecule has 102 valence electrons. The Balaban J connectivity index is 1.85. The summed E-state index contributed by atoms with van der Waals surface area (Å²) in [6.07, 6.45) is 4.87. The minimum Gasteiger partial charge on any atom is -0.380 e. The summed E-state index contributed by atoms with van der Waals surface area (Å²) >= 11 is 1.90. The molecule has 1 aromatic carbocycles. The second kappa shape index (κ2) is 7.34. The van der Waals surface area contributed by atoms with E-state index in [4.69, 9.17) is 0 Å². The number of hydrogen-bond donors (Lipinski definition) is 1. The van der Waals surface area contributed by atoms with E-state index in [2.05, 4.69) is 55.6 Å². The minimum atomic E-state index is 0.930. The molecule has 0 unspecified atom stereocenters. The molecule has 0 fully saturated rings. The van der Waals surface area contributed by atoms with Gasteiger partial charge in [-0.2, -0.15) is 0 Å². The summed E-state index contributed by atoms with van der Waals surface area (Å²) in [7, 11) is 0. The first-order chi connectivity index (χ1) is 9.31. The Hall–Kier alpha value is -1.28. The van der Waals surface area contributed by atoms with Gasteiger partial charge in [0.05, 0.1) is 0 Å². The molecule has 0 aliphatic heterocycles. The van der Waals surface area contributed by atoms with Crippen LogP contribution in [0, 0.1) is 0 Å². The number of nitrogens with one attached hydrogen (secondary N) is 1. The summed E-state index contributed by atoms with van der Waals surface area (Å²) in [5.74, 6) is 0. The van der Waals surface area contributed by atoms with Gasteiger partial charge in [-0.1, -0.05) is 32.4 Å². The molecule has 0 bridgehead atoms. The molecule has 1 N–H and O–H groups in total. The lowest BCUT2D eigenvalue weighted by Crippen LogP contribution is -1.97. The lowest BCUT2D eigenvalue weighted by atomic mass is 10.1. The average molecular weight is 273 g/mol. The van der Waals surface area contributed by atoms with Crippen LogP contribution in [-0.4, -0.2) is 0 Å². The second-order valence-corrected chi connectivity index (χ2v) is 6.13. The fraction of sp³-hybridized carbons (Fsp3) is 0.412. The lowest BCUT2D eigenvalue weighted by molar-refractivity contribution is 0.795. The molecule has 0 aliphatic carbocycles. The zero-order valence-electron chi connectivity index (χ0n) is 11.9. The van der Waals surface area contributed by atoms with Crippen LogP contribution in [-0.2, 0) is 19.4 Å². The van der Waals surface area contributed by atoms with Crippen molar-refractivity contribution in [1.82, 2.24) is 0 Å². The average Bonchev–Trinajstić information content (AvgIpc) is 2.92. The standard InChI is InChI=1S/C17H23NS/c1-3-5-6-14-7-9-15(10-8-14)18-13-17-12-11-16(4-2)19-17/h7-12,18H,3-6,13H2,1-2H3. The molecule has 19 heavy (non-hydrogen) atoms. The van der Waals surface area contributed by atoms with Gasteiger partial charge in [-0.25, -0.2) is 0 Å². The first kappa shape index (κ1) is 14.1. The third-order valence-corrected chi connectivity index (χ3v) is 4.54. The largest absolute Gasteiger partial charge is 0.380 e.